The molecular weight excluding hydrogens is 398 g/mol. The molecule has 0 bridgehead atoms. The van der Waals surface area contributed by atoms with E-state index in [0.29, 0.717) is 11.1 Å². The van der Waals surface area contributed by atoms with Crippen molar-refractivity contribution in [2.45, 2.75) is 12.3 Å². The van der Waals surface area contributed by atoms with Crippen molar-refractivity contribution in [3.05, 3.63) is 88.3 Å². The lowest BCUT2D eigenvalue weighted by Crippen LogP contribution is -2.12. The standard InChI is InChI=1S/C24H19NO6/c1-30-21(29)11-16(14-7-9-25-10-8-14)22-17(26)12-18(27)23-19(28)13-20(31-24(22)23)15-5-3-2-4-6-15/h2-10,12-13,16,26-27H,11H2,1H3/t16-/m0/s1. The van der Waals surface area contributed by atoms with Crippen molar-refractivity contribution in [1.29, 1.82) is 0 Å². The Kier molecular flexibility index (Phi) is 5.41. The van der Waals surface area contributed by atoms with Gasteiger partial charge in [-0.1, -0.05) is 30.3 Å². The highest BCUT2D eigenvalue weighted by atomic mass is 16.5. The van der Waals surface area contributed by atoms with E-state index in [4.69, 9.17) is 9.15 Å². The number of rotatable bonds is 5. The molecule has 31 heavy (non-hydrogen) atoms. The smallest absolute Gasteiger partial charge is 0.306 e. The van der Waals surface area contributed by atoms with Crippen LogP contribution in [0.1, 0.15) is 23.5 Å². The SMILES string of the molecule is COC(=O)C[C@@H](c1ccncc1)c1c(O)cc(O)c2c(=O)cc(-c3ccccc3)oc12. The van der Waals surface area contributed by atoms with Crippen LogP contribution < -0.4 is 5.43 Å². The highest BCUT2D eigenvalue weighted by Crippen LogP contribution is 2.42. The normalized spacial score (nSPS) is 11.9. The van der Waals surface area contributed by atoms with Crippen molar-refractivity contribution in [2.24, 2.45) is 0 Å². The van der Waals surface area contributed by atoms with Crippen molar-refractivity contribution >= 4 is 16.9 Å². The molecule has 4 rings (SSSR count). The first-order chi connectivity index (χ1) is 15.0. The summed E-state index contributed by atoms with van der Waals surface area (Å²) in [6.45, 7) is 0. The molecule has 2 aromatic heterocycles. The van der Waals surface area contributed by atoms with Gasteiger partial charge >= 0.3 is 5.97 Å². The van der Waals surface area contributed by atoms with Crippen molar-refractivity contribution < 1.29 is 24.2 Å². The molecule has 0 spiro atoms. The first-order valence-corrected chi connectivity index (χ1v) is 9.54. The molecule has 7 nitrogen and oxygen atoms in total. The van der Waals surface area contributed by atoms with Crippen LogP contribution >= 0.6 is 0 Å². The van der Waals surface area contributed by atoms with Crippen molar-refractivity contribution in [3.63, 3.8) is 0 Å². The van der Waals surface area contributed by atoms with Gasteiger partial charge in [0.05, 0.1) is 13.5 Å². The Balaban J connectivity index is 2.04. The maximum Gasteiger partial charge on any atom is 0.306 e. The Labute approximate surface area is 177 Å². The third kappa shape index (κ3) is 3.85. The van der Waals surface area contributed by atoms with E-state index in [1.54, 1.807) is 48.8 Å². The van der Waals surface area contributed by atoms with E-state index in [9.17, 15) is 19.8 Å². The molecule has 0 radical (unpaired) electrons. The number of benzene rings is 2. The molecule has 2 aromatic carbocycles. The third-order valence-electron chi connectivity index (χ3n) is 5.11. The average Bonchev–Trinajstić information content (AvgIpc) is 2.78. The molecular formula is C24H19NO6. The monoisotopic (exact) mass is 417 g/mol. The van der Waals surface area contributed by atoms with Gasteiger partial charge in [-0.05, 0) is 17.7 Å². The topological polar surface area (TPSA) is 110 Å². The molecule has 0 aliphatic carbocycles. The van der Waals surface area contributed by atoms with Gasteiger partial charge < -0.3 is 19.4 Å². The number of fused-ring (bicyclic) bond motifs is 1. The van der Waals surface area contributed by atoms with Crippen LogP contribution in [0.3, 0.4) is 0 Å². The van der Waals surface area contributed by atoms with Gasteiger partial charge in [0.2, 0.25) is 0 Å². The number of hydrogen-bond donors (Lipinski definition) is 2. The number of aromatic hydroxyl groups is 2. The first kappa shape index (κ1) is 20.2. The van der Waals surface area contributed by atoms with E-state index in [1.165, 1.54) is 13.2 Å². The summed E-state index contributed by atoms with van der Waals surface area (Å²) in [7, 11) is 1.27. The Morgan fingerprint density at radius 3 is 2.45 bits per heavy atom. The molecule has 1 atom stereocenters. The summed E-state index contributed by atoms with van der Waals surface area (Å²) in [6, 6.07) is 14.8. The maximum atomic E-state index is 12.9. The van der Waals surface area contributed by atoms with Crippen LogP contribution in [0.25, 0.3) is 22.3 Å². The molecule has 0 fully saturated rings. The number of methoxy groups -OCH3 is 1. The summed E-state index contributed by atoms with van der Waals surface area (Å²) in [5.74, 6) is -1.65. The first-order valence-electron chi connectivity index (χ1n) is 9.54. The lowest BCUT2D eigenvalue weighted by Gasteiger charge is -2.20. The maximum absolute atomic E-state index is 12.9. The van der Waals surface area contributed by atoms with Gasteiger partial charge in [-0.3, -0.25) is 14.6 Å². The molecule has 156 valence electrons. The van der Waals surface area contributed by atoms with Crippen LogP contribution in [-0.4, -0.2) is 28.3 Å². The van der Waals surface area contributed by atoms with E-state index >= 15 is 0 Å². The summed E-state index contributed by atoms with van der Waals surface area (Å²) >= 11 is 0. The number of ether oxygens (including phenoxy) is 1. The average molecular weight is 417 g/mol. The zero-order valence-corrected chi connectivity index (χ0v) is 16.6. The van der Waals surface area contributed by atoms with Gasteiger partial charge in [-0.15, -0.1) is 0 Å². The van der Waals surface area contributed by atoms with Crippen LogP contribution in [-0.2, 0) is 9.53 Å². The Morgan fingerprint density at radius 1 is 1.06 bits per heavy atom. The summed E-state index contributed by atoms with van der Waals surface area (Å²) in [5, 5.41) is 21.1. The minimum absolute atomic E-state index is 0.00886. The van der Waals surface area contributed by atoms with Gasteiger partial charge in [0, 0.05) is 41.6 Å². The molecule has 2 N–H and O–H groups in total. The minimum Gasteiger partial charge on any atom is -0.507 e. The van der Waals surface area contributed by atoms with Crippen molar-refractivity contribution in [1.82, 2.24) is 4.98 Å². The zero-order valence-electron chi connectivity index (χ0n) is 16.6. The molecule has 0 saturated heterocycles. The quantitative estimate of drug-likeness (QED) is 0.473. The zero-order chi connectivity index (χ0) is 22.0. The second-order valence-electron chi connectivity index (χ2n) is 6.99. The predicted molar refractivity (Wildman–Crippen MR) is 114 cm³/mol. The summed E-state index contributed by atoms with van der Waals surface area (Å²) in [6.07, 6.45) is 3.00. The number of nitrogens with zero attached hydrogens (tertiary/aromatic N) is 1. The molecule has 0 unspecified atom stereocenters. The number of carbonyl (C=O) groups is 1. The van der Waals surface area contributed by atoms with E-state index in [-0.39, 0.29) is 34.5 Å². The molecule has 0 aliphatic rings. The molecule has 0 aliphatic heterocycles. The number of pyridine rings is 1. The largest absolute Gasteiger partial charge is 0.507 e. The van der Waals surface area contributed by atoms with Gasteiger partial charge in [0.25, 0.3) is 0 Å². The van der Waals surface area contributed by atoms with E-state index < -0.39 is 23.1 Å². The van der Waals surface area contributed by atoms with Gasteiger partial charge in [-0.2, -0.15) is 0 Å². The fraction of sp³-hybridized carbons (Fsp3) is 0.125. The van der Waals surface area contributed by atoms with Crippen LogP contribution in [0.2, 0.25) is 0 Å². The third-order valence-corrected chi connectivity index (χ3v) is 5.11. The molecule has 7 heteroatoms. The highest BCUT2D eigenvalue weighted by Gasteiger charge is 2.28. The summed E-state index contributed by atoms with van der Waals surface area (Å²) < 4.78 is 10.9. The number of phenols is 2. The Bertz CT molecular complexity index is 1300. The molecule has 2 heterocycles. The van der Waals surface area contributed by atoms with Crippen LogP contribution in [0, 0.1) is 0 Å². The Morgan fingerprint density at radius 2 is 1.77 bits per heavy atom. The molecule has 0 amide bonds. The predicted octanol–water partition coefficient (Wildman–Crippen LogP) is 3.96. The minimum atomic E-state index is -0.701. The van der Waals surface area contributed by atoms with E-state index in [1.807, 2.05) is 6.07 Å². The number of esters is 1. The lowest BCUT2D eigenvalue weighted by atomic mass is 9.87. The number of phenolic OH excluding ortho intramolecular Hbond substituents is 2. The van der Waals surface area contributed by atoms with Gasteiger partial charge in [0.1, 0.15) is 28.2 Å². The van der Waals surface area contributed by atoms with Crippen LogP contribution in [0.4, 0.5) is 0 Å². The van der Waals surface area contributed by atoms with Gasteiger partial charge in [-0.25, -0.2) is 0 Å². The van der Waals surface area contributed by atoms with E-state index in [2.05, 4.69) is 4.98 Å². The second kappa shape index (κ2) is 8.31. The fourth-order valence-corrected chi connectivity index (χ4v) is 3.64. The van der Waals surface area contributed by atoms with Crippen molar-refractivity contribution in [3.8, 4) is 22.8 Å². The number of aromatic nitrogens is 1. The summed E-state index contributed by atoms with van der Waals surface area (Å²) in [4.78, 5) is 29.1. The summed E-state index contributed by atoms with van der Waals surface area (Å²) in [5.41, 5.74) is 1.07. The fourth-order valence-electron chi connectivity index (χ4n) is 3.64. The molecule has 0 saturated carbocycles. The Hall–Kier alpha value is -4.13. The van der Waals surface area contributed by atoms with Crippen molar-refractivity contribution in [2.75, 3.05) is 7.11 Å². The van der Waals surface area contributed by atoms with E-state index in [0.717, 1.165) is 6.07 Å². The van der Waals surface area contributed by atoms with Crippen LogP contribution in [0.15, 0.2) is 76.2 Å². The molecule has 4 aromatic rings. The highest BCUT2D eigenvalue weighted by molar-refractivity contribution is 5.90. The van der Waals surface area contributed by atoms with Gasteiger partial charge in [0.15, 0.2) is 5.43 Å². The number of carbonyl (C=O) groups excluding carboxylic acids is 1. The number of hydrogen-bond acceptors (Lipinski definition) is 7. The second-order valence-corrected chi connectivity index (χ2v) is 6.99. The van der Waals surface area contributed by atoms with Crippen LogP contribution in [0.5, 0.6) is 11.5 Å². The lowest BCUT2D eigenvalue weighted by molar-refractivity contribution is -0.140.